The van der Waals surface area contributed by atoms with Crippen LogP contribution < -0.4 is 0 Å². The van der Waals surface area contributed by atoms with Gasteiger partial charge in [0, 0.05) is 24.3 Å². The van der Waals surface area contributed by atoms with E-state index in [1.54, 1.807) is 36.4 Å². The molecule has 0 aliphatic carbocycles. The van der Waals surface area contributed by atoms with Gasteiger partial charge < -0.3 is 54.7 Å². The van der Waals surface area contributed by atoms with E-state index in [0.717, 1.165) is 13.1 Å². The number of benzene rings is 2. The highest BCUT2D eigenvalue weighted by atomic mass is 16.7. The van der Waals surface area contributed by atoms with E-state index in [0.29, 0.717) is 11.1 Å². The van der Waals surface area contributed by atoms with Gasteiger partial charge in [-0.05, 0) is 12.1 Å². The van der Waals surface area contributed by atoms with Gasteiger partial charge in [-0.3, -0.25) is 14.8 Å². The molecule has 3 rings (SSSR count). The number of ether oxygens (including phenoxy) is 4. The molecular weight excluding hydrogens is 556 g/mol. The summed E-state index contributed by atoms with van der Waals surface area (Å²) in [5, 5.41) is 71.3. The van der Waals surface area contributed by atoms with Crippen LogP contribution in [-0.4, -0.2) is 117 Å². The number of para-hydroxylation sites is 2. The summed E-state index contributed by atoms with van der Waals surface area (Å²) in [5.41, 5.74) is 0.973. The number of aliphatic imine (C=N–C) groups is 2. The normalized spacial score (nSPS) is 25.0. The Bertz CT molecular complexity index is 1190. The average Bonchev–Trinajstić information content (AvgIpc) is 2.96. The number of carbonyl (C=O) groups excluding carboxylic acids is 1. The fourth-order valence-electron chi connectivity index (χ4n) is 4.09. The molecule has 14 heteroatoms. The minimum Gasteiger partial charge on any atom is -0.508 e. The molecule has 7 N–H and O–H groups in total. The zero-order valence-electron chi connectivity index (χ0n) is 22.8. The van der Waals surface area contributed by atoms with Crippen molar-refractivity contribution in [2.45, 2.75) is 69.2 Å². The summed E-state index contributed by atoms with van der Waals surface area (Å²) in [6, 6.07) is 13.0. The summed E-state index contributed by atoms with van der Waals surface area (Å²) in [6.07, 6.45) is -9.79. The first-order chi connectivity index (χ1) is 20.1. The van der Waals surface area contributed by atoms with Gasteiger partial charge in [-0.1, -0.05) is 36.4 Å². The van der Waals surface area contributed by atoms with Gasteiger partial charge in [0.2, 0.25) is 0 Å². The van der Waals surface area contributed by atoms with Crippen LogP contribution in [0.25, 0.3) is 0 Å². The molecule has 14 nitrogen and oxygen atoms in total. The van der Waals surface area contributed by atoms with E-state index < -0.39 is 68.4 Å². The molecule has 0 aromatic heterocycles. The maximum atomic E-state index is 11.6. The van der Waals surface area contributed by atoms with Gasteiger partial charge in [0.1, 0.15) is 42.0 Å². The average molecular weight is 593 g/mol. The highest BCUT2D eigenvalue weighted by Crippen LogP contribution is 2.26. The third-order valence-electron chi connectivity index (χ3n) is 6.27. The molecule has 1 heterocycles. The van der Waals surface area contributed by atoms with Crippen molar-refractivity contribution in [1.29, 1.82) is 0 Å². The van der Waals surface area contributed by atoms with Crippen LogP contribution in [0, 0.1) is 0 Å². The molecule has 1 saturated heterocycles. The molecule has 0 saturated carbocycles. The van der Waals surface area contributed by atoms with Crippen molar-refractivity contribution in [3.8, 4) is 11.5 Å². The Morgan fingerprint density at radius 3 is 2.05 bits per heavy atom. The number of aliphatic hydroxyl groups is 5. The number of rotatable bonds is 14. The first-order valence-electron chi connectivity index (χ1n) is 13.1. The maximum Gasteiger partial charge on any atom is 0.303 e. The quantitative estimate of drug-likeness (QED) is 0.0830. The Morgan fingerprint density at radius 1 is 0.952 bits per heavy atom. The van der Waals surface area contributed by atoms with E-state index >= 15 is 0 Å². The Balaban J connectivity index is 1.79. The van der Waals surface area contributed by atoms with Crippen LogP contribution in [0.5, 0.6) is 11.5 Å². The van der Waals surface area contributed by atoms with Crippen LogP contribution in [0.1, 0.15) is 18.1 Å². The number of hydrogen-bond donors (Lipinski definition) is 7. The second-order valence-corrected chi connectivity index (χ2v) is 9.37. The molecule has 0 bridgehead atoms. The van der Waals surface area contributed by atoms with Gasteiger partial charge in [0.05, 0.1) is 32.5 Å². The number of carbonyl (C=O) groups is 1. The summed E-state index contributed by atoms with van der Waals surface area (Å²) in [6.45, 7) is -0.338. The summed E-state index contributed by atoms with van der Waals surface area (Å²) in [5.74, 6) is -0.788. The monoisotopic (exact) mass is 592 g/mol. The minimum absolute atomic E-state index is 0.00630. The molecule has 8 atom stereocenters. The zero-order valence-corrected chi connectivity index (χ0v) is 22.8. The van der Waals surface area contributed by atoms with Crippen LogP contribution in [-0.2, 0) is 36.8 Å². The third-order valence-corrected chi connectivity index (χ3v) is 6.27. The first-order valence-corrected chi connectivity index (χ1v) is 13.1. The molecule has 1 aliphatic rings. The number of phenolic OH excluding ortho intramolecular Hbond substituents is 2. The molecule has 0 unspecified atom stereocenters. The van der Waals surface area contributed by atoms with E-state index in [1.807, 2.05) is 0 Å². The van der Waals surface area contributed by atoms with E-state index in [4.69, 9.17) is 18.9 Å². The summed E-state index contributed by atoms with van der Waals surface area (Å²) in [7, 11) is 0. The standard InChI is InChI=1S/C28H36N2O12/c1-16(33)39-27-25(37)23(15-32)42-28(26(27)38)41-21(12-29-10-17-6-2-4-8-19(17)34)22(14-31)40-24(36)13-30-11-18-7-3-5-9-20(18)35/h2-9,12-13,21-28,31-32,34-38H,10-11,14-15H2,1H3/t21-,22+,23-,24+,25+,26-,27+,28-/m1/s1. The lowest BCUT2D eigenvalue weighted by Crippen LogP contribution is -2.61. The largest absolute Gasteiger partial charge is 0.508 e. The van der Waals surface area contributed by atoms with Gasteiger partial charge in [0.25, 0.3) is 0 Å². The molecule has 0 amide bonds. The Kier molecular flexibility index (Phi) is 12.8. The number of aromatic hydroxyl groups is 2. The van der Waals surface area contributed by atoms with E-state index in [1.165, 1.54) is 18.3 Å². The lowest BCUT2D eigenvalue weighted by Gasteiger charge is -2.42. The van der Waals surface area contributed by atoms with E-state index in [-0.39, 0.29) is 24.6 Å². The van der Waals surface area contributed by atoms with Gasteiger partial charge in [-0.25, -0.2) is 0 Å². The van der Waals surface area contributed by atoms with Gasteiger partial charge in [-0.15, -0.1) is 0 Å². The lowest BCUT2D eigenvalue weighted by atomic mass is 9.99. The molecule has 2 aromatic rings. The van der Waals surface area contributed by atoms with E-state index in [9.17, 15) is 40.5 Å². The summed E-state index contributed by atoms with van der Waals surface area (Å²) < 4.78 is 21.9. The van der Waals surface area contributed by atoms with Crippen LogP contribution in [0.2, 0.25) is 0 Å². The van der Waals surface area contributed by atoms with Crippen molar-refractivity contribution in [3.05, 3.63) is 59.7 Å². The zero-order chi connectivity index (χ0) is 30.6. The van der Waals surface area contributed by atoms with Crippen molar-refractivity contribution in [3.63, 3.8) is 0 Å². The molecular formula is C28H36N2O12. The van der Waals surface area contributed by atoms with Gasteiger partial charge in [-0.2, -0.15) is 0 Å². The fraction of sp³-hybridized carbons (Fsp3) is 0.464. The van der Waals surface area contributed by atoms with Crippen molar-refractivity contribution in [2.24, 2.45) is 9.98 Å². The second kappa shape index (κ2) is 16.2. The Morgan fingerprint density at radius 2 is 1.52 bits per heavy atom. The predicted molar refractivity (Wildman–Crippen MR) is 147 cm³/mol. The molecule has 0 spiro atoms. The number of phenols is 2. The number of esters is 1. The van der Waals surface area contributed by atoms with Crippen LogP contribution >= 0.6 is 0 Å². The van der Waals surface area contributed by atoms with Crippen molar-refractivity contribution in [1.82, 2.24) is 0 Å². The smallest absolute Gasteiger partial charge is 0.303 e. The molecule has 1 fully saturated rings. The summed E-state index contributed by atoms with van der Waals surface area (Å²) >= 11 is 0. The molecule has 0 radical (unpaired) electrons. The predicted octanol–water partition coefficient (Wildman–Crippen LogP) is -0.609. The Hall–Kier alpha value is -3.47. The van der Waals surface area contributed by atoms with Crippen molar-refractivity contribution in [2.75, 3.05) is 13.2 Å². The van der Waals surface area contributed by atoms with Gasteiger partial charge in [0.15, 0.2) is 18.7 Å². The first kappa shape index (κ1) is 33.0. The van der Waals surface area contributed by atoms with Crippen molar-refractivity contribution < 1.29 is 59.5 Å². The second-order valence-electron chi connectivity index (χ2n) is 9.37. The number of hydrogen-bond acceptors (Lipinski definition) is 14. The topological polar surface area (TPSA) is 220 Å². The van der Waals surface area contributed by atoms with Crippen LogP contribution in [0.3, 0.4) is 0 Å². The fourth-order valence-corrected chi connectivity index (χ4v) is 4.09. The molecule has 42 heavy (non-hydrogen) atoms. The van der Waals surface area contributed by atoms with E-state index in [2.05, 4.69) is 9.98 Å². The Labute approximate surface area is 241 Å². The maximum absolute atomic E-state index is 11.6. The minimum atomic E-state index is -1.73. The van der Waals surface area contributed by atoms with Gasteiger partial charge >= 0.3 is 5.97 Å². The highest BCUT2D eigenvalue weighted by molar-refractivity contribution is 5.66. The molecule has 1 aliphatic heterocycles. The molecule has 230 valence electrons. The number of nitrogens with zero attached hydrogens (tertiary/aromatic N) is 2. The van der Waals surface area contributed by atoms with Crippen LogP contribution in [0.15, 0.2) is 58.5 Å². The van der Waals surface area contributed by atoms with Crippen molar-refractivity contribution >= 4 is 18.4 Å². The molecule has 2 aromatic carbocycles. The number of aliphatic hydroxyl groups excluding tert-OH is 5. The lowest BCUT2D eigenvalue weighted by molar-refractivity contribution is -0.315. The summed E-state index contributed by atoms with van der Waals surface area (Å²) in [4.78, 5) is 19.8. The van der Waals surface area contributed by atoms with Crippen LogP contribution in [0.4, 0.5) is 0 Å². The highest BCUT2D eigenvalue weighted by Gasteiger charge is 2.48. The SMILES string of the molecule is CC(=O)O[C@H]1[C@@H](O)[C@@H](CO)O[C@@H](O[C@H](C=NCc2ccccc2O)[C@H](CO)O[C@H](O)C=NCc2ccccc2O)[C@@H]1O. The third kappa shape index (κ3) is 9.27.